The summed E-state index contributed by atoms with van der Waals surface area (Å²) >= 11 is 0. The number of esters is 2. The topological polar surface area (TPSA) is 52.6 Å². The van der Waals surface area contributed by atoms with Gasteiger partial charge < -0.3 is 9.47 Å². The molecule has 0 aromatic rings. The van der Waals surface area contributed by atoms with Gasteiger partial charge in [0.2, 0.25) is 0 Å². The van der Waals surface area contributed by atoms with Crippen molar-refractivity contribution in [3.63, 3.8) is 0 Å². The highest BCUT2D eigenvalue weighted by atomic mass is 16.5. The standard InChI is InChI=1S/C12H22O2.C12H20O2/c2*1-6-10(3)12(4,5)9-8-11(13)14-7-2/h6,10H,1,7-9H2,2-5H3;6,8-10H,1,7H2,2-5H3/b;9-8+. The highest BCUT2D eigenvalue weighted by molar-refractivity contribution is 5.82. The van der Waals surface area contributed by atoms with Gasteiger partial charge in [-0.2, -0.15) is 0 Å². The van der Waals surface area contributed by atoms with E-state index in [0.29, 0.717) is 31.5 Å². The van der Waals surface area contributed by atoms with Gasteiger partial charge in [-0.1, -0.05) is 59.8 Å². The second-order valence-corrected chi connectivity index (χ2v) is 8.25. The van der Waals surface area contributed by atoms with Crippen LogP contribution in [0.15, 0.2) is 37.5 Å². The first-order valence-electron chi connectivity index (χ1n) is 10.1. The molecule has 0 saturated carbocycles. The maximum absolute atomic E-state index is 11.2. The maximum atomic E-state index is 11.2. The molecule has 0 spiro atoms. The lowest BCUT2D eigenvalue weighted by Gasteiger charge is -2.29. The van der Waals surface area contributed by atoms with Crippen LogP contribution in [0, 0.1) is 22.7 Å². The zero-order chi connectivity index (χ0) is 22.4. The third-order valence-electron chi connectivity index (χ3n) is 5.33. The zero-order valence-corrected chi connectivity index (χ0v) is 19.3. The van der Waals surface area contributed by atoms with Gasteiger partial charge in [0.1, 0.15) is 0 Å². The minimum Gasteiger partial charge on any atom is -0.466 e. The Labute approximate surface area is 173 Å². The Morgan fingerprint density at radius 1 is 0.929 bits per heavy atom. The van der Waals surface area contributed by atoms with E-state index in [1.807, 2.05) is 25.2 Å². The van der Waals surface area contributed by atoms with Crippen molar-refractivity contribution in [3.8, 4) is 0 Å². The Hall–Kier alpha value is -1.84. The van der Waals surface area contributed by atoms with Gasteiger partial charge in [0, 0.05) is 12.5 Å². The van der Waals surface area contributed by atoms with Crippen molar-refractivity contribution in [1.29, 1.82) is 0 Å². The molecule has 0 aliphatic heterocycles. The summed E-state index contributed by atoms with van der Waals surface area (Å²) in [5.74, 6) is 0.360. The largest absolute Gasteiger partial charge is 0.466 e. The molecule has 0 aliphatic carbocycles. The molecule has 0 aromatic carbocycles. The van der Waals surface area contributed by atoms with Crippen LogP contribution in [0.25, 0.3) is 0 Å². The smallest absolute Gasteiger partial charge is 0.330 e. The molecule has 0 radical (unpaired) electrons. The summed E-state index contributed by atoms with van der Waals surface area (Å²) in [4.78, 5) is 22.2. The number of ether oxygens (including phenoxy) is 2. The molecule has 0 bridgehead atoms. The fraction of sp³-hybridized carbons (Fsp3) is 0.667. The summed E-state index contributed by atoms with van der Waals surface area (Å²) in [5.41, 5.74) is 0.0586. The molecule has 0 aliphatic rings. The van der Waals surface area contributed by atoms with E-state index in [2.05, 4.69) is 54.7 Å². The van der Waals surface area contributed by atoms with Gasteiger partial charge in [0.05, 0.1) is 13.2 Å². The van der Waals surface area contributed by atoms with E-state index >= 15 is 0 Å². The summed E-state index contributed by atoms with van der Waals surface area (Å²) in [6.07, 6.45) is 8.53. The van der Waals surface area contributed by atoms with E-state index in [-0.39, 0.29) is 22.8 Å². The number of carbonyl (C=O) groups excluding carboxylic acids is 2. The average Bonchev–Trinajstić information content (AvgIpc) is 2.64. The van der Waals surface area contributed by atoms with Crippen LogP contribution in [0.1, 0.15) is 68.2 Å². The van der Waals surface area contributed by atoms with Crippen LogP contribution in [0.2, 0.25) is 0 Å². The minimum absolute atomic E-state index is 0.0610. The Morgan fingerprint density at radius 2 is 1.43 bits per heavy atom. The van der Waals surface area contributed by atoms with Crippen LogP contribution < -0.4 is 0 Å². The van der Waals surface area contributed by atoms with Crippen molar-refractivity contribution >= 4 is 11.9 Å². The Morgan fingerprint density at radius 3 is 1.86 bits per heavy atom. The molecule has 28 heavy (non-hydrogen) atoms. The van der Waals surface area contributed by atoms with Gasteiger partial charge in [-0.05, 0) is 42.9 Å². The molecule has 0 amide bonds. The molecular formula is C24H42O4. The highest BCUT2D eigenvalue weighted by Crippen LogP contribution is 2.32. The molecule has 0 N–H and O–H groups in total. The van der Waals surface area contributed by atoms with E-state index < -0.39 is 0 Å². The number of hydrogen-bond donors (Lipinski definition) is 0. The van der Waals surface area contributed by atoms with Crippen molar-refractivity contribution in [1.82, 2.24) is 0 Å². The Kier molecular flexibility index (Phi) is 14.4. The molecule has 0 rings (SSSR count). The molecular weight excluding hydrogens is 352 g/mol. The average molecular weight is 395 g/mol. The predicted molar refractivity (Wildman–Crippen MR) is 118 cm³/mol. The van der Waals surface area contributed by atoms with Crippen LogP contribution in [-0.2, 0) is 19.1 Å². The van der Waals surface area contributed by atoms with Crippen molar-refractivity contribution < 1.29 is 19.1 Å². The van der Waals surface area contributed by atoms with Crippen LogP contribution in [0.5, 0.6) is 0 Å². The highest BCUT2D eigenvalue weighted by Gasteiger charge is 2.24. The third kappa shape index (κ3) is 12.5. The number of hydrogen-bond acceptors (Lipinski definition) is 4. The van der Waals surface area contributed by atoms with E-state index in [1.165, 1.54) is 6.08 Å². The van der Waals surface area contributed by atoms with E-state index in [1.54, 1.807) is 6.92 Å². The third-order valence-corrected chi connectivity index (χ3v) is 5.33. The molecule has 2 unspecified atom stereocenters. The van der Waals surface area contributed by atoms with Gasteiger partial charge in [-0.25, -0.2) is 4.79 Å². The van der Waals surface area contributed by atoms with Crippen LogP contribution >= 0.6 is 0 Å². The monoisotopic (exact) mass is 394 g/mol. The molecule has 4 nitrogen and oxygen atoms in total. The van der Waals surface area contributed by atoms with E-state index in [4.69, 9.17) is 9.47 Å². The Balaban J connectivity index is 0. The SMILES string of the molecule is C=CC(C)C(C)(C)/C=C/C(=O)OCC.C=CC(C)C(C)(C)CCC(=O)OCC. The van der Waals surface area contributed by atoms with Crippen LogP contribution in [-0.4, -0.2) is 25.2 Å². The van der Waals surface area contributed by atoms with E-state index in [0.717, 1.165) is 6.42 Å². The lowest BCUT2D eigenvalue weighted by atomic mass is 9.76. The summed E-state index contributed by atoms with van der Waals surface area (Å²) in [5, 5.41) is 0. The summed E-state index contributed by atoms with van der Waals surface area (Å²) < 4.78 is 9.68. The first-order valence-corrected chi connectivity index (χ1v) is 10.1. The summed E-state index contributed by atoms with van der Waals surface area (Å²) in [6, 6.07) is 0. The summed E-state index contributed by atoms with van der Waals surface area (Å²) in [6.45, 7) is 24.7. The van der Waals surface area contributed by atoms with Gasteiger partial charge in [-0.15, -0.1) is 13.2 Å². The van der Waals surface area contributed by atoms with Crippen molar-refractivity contribution in [2.75, 3.05) is 13.2 Å². The molecule has 162 valence electrons. The number of rotatable bonds is 11. The molecule has 2 atom stereocenters. The minimum atomic E-state index is -0.281. The molecule has 0 aromatic heterocycles. The van der Waals surface area contributed by atoms with Crippen LogP contribution in [0.4, 0.5) is 0 Å². The molecule has 4 heteroatoms. The zero-order valence-electron chi connectivity index (χ0n) is 19.3. The Bertz CT molecular complexity index is 515. The normalized spacial score (nSPS) is 13.7. The number of carbonyl (C=O) groups is 2. The quantitative estimate of drug-likeness (QED) is 0.240. The van der Waals surface area contributed by atoms with Crippen molar-refractivity contribution in [2.24, 2.45) is 22.7 Å². The summed E-state index contributed by atoms with van der Waals surface area (Å²) in [7, 11) is 0. The van der Waals surface area contributed by atoms with E-state index in [9.17, 15) is 9.59 Å². The fourth-order valence-electron chi connectivity index (χ4n) is 2.13. The molecule has 0 saturated heterocycles. The van der Waals surface area contributed by atoms with Gasteiger partial charge >= 0.3 is 11.9 Å². The fourth-order valence-corrected chi connectivity index (χ4v) is 2.13. The van der Waals surface area contributed by atoms with Gasteiger partial charge in [-0.3, -0.25) is 4.79 Å². The molecule has 0 heterocycles. The molecule has 0 fully saturated rings. The lowest BCUT2D eigenvalue weighted by Crippen LogP contribution is -2.21. The van der Waals surface area contributed by atoms with Gasteiger partial charge in [0.25, 0.3) is 0 Å². The lowest BCUT2D eigenvalue weighted by molar-refractivity contribution is -0.144. The maximum Gasteiger partial charge on any atom is 0.330 e. The number of allylic oxidation sites excluding steroid dienone is 3. The predicted octanol–water partition coefficient (Wildman–Crippen LogP) is 6.13. The van der Waals surface area contributed by atoms with Crippen molar-refractivity contribution in [2.45, 2.75) is 68.2 Å². The second kappa shape index (κ2) is 14.2. The second-order valence-electron chi connectivity index (χ2n) is 8.25. The first kappa shape index (κ1) is 28.4. The van der Waals surface area contributed by atoms with Crippen molar-refractivity contribution in [3.05, 3.63) is 37.5 Å². The van der Waals surface area contributed by atoms with Gasteiger partial charge in [0.15, 0.2) is 0 Å². The van der Waals surface area contributed by atoms with Crippen LogP contribution in [0.3, 0.4) is 0 Å². The first-order chi connectivity index (χ1) is 12.9.